The standard InChI is InChI=1S/C59H40N2O/c1-58(2)49-20-10-6-16-43(49)47-31-28-40(34-53(47)58)61(42-30-33-56-55(36-42)60-57(62-56)39-26-24-38(25-27-39)37-14-4-3-5-15-37)41-29-32-48-46-19-9-13-23-52(46)59(54(48)35-41)50-21-11-7-17-44(50)45-18-8-12-22-51(45)59/h3-36H,1-2H3. The molecule has 0 atom stereocenters. The number of rotatable bonds is 5. The van der Waals surface area contributed by atoms with Crippen molar-refractivity contribution >= 4 is 28.2 Å². The summed E-state index contributed by atoms with van der Waals surface area (Å²) in [7, 11) is 0. The molecule has 9 aromatic carbocycles. The molecule has 1 spiro atoms. The summed E-state index contributed by atoms with van der Waals surface area (Å²) in [6.45, 7) is 4.71. The van der Waals surface area contributed by atoms with Crippen molar-refractivity contribution in [1.82, 2.24) is 4.98 Å². The number of benzene rings is 9. The van der Waals surface area contributed by atoms with Crippen LogP contribution in [0.3, 0.4) is 0 Å². The van der Waals surface area contributed by atoms with Gasteiger partial charge in [-0.3, -0.25) is 0 Å². The molecule has 0 fully saturated rings. The van der Waals surface area contributed by atoms with Gasteiger partial charge in [0.2, 0.25) is 5.89 Å². The van der Waals surface area contributed by atoms with Crippen molar-refractivity contribution in [2.75, 3.05) is 4.90 Å². The van der Waals surface area contributed by atoms with Gasteiger partial charge in [-0.05, 0) is 132 Å². The van der Waals surface area contributed by atoms with Crippen LogP contribution >= 0.6 is 0 Å². The van der Waals surface area contributed by atoms with Crippen molar-refractivity contribution in [2.45, 2.75) is 24.7 Å². The molecule has 62 heavy (non-hydrogen) atoms. The molecule has 1 heterocycles. The maximum atomic E-state index is 6.47. The lowest BCUT2D eigenvalue weighted by molar-refractivity contribution is 0.620. The number of aromatic nitrogens is 1. The lowest BCUT2D eigenvalue weighted by Gasteiger charge is -2.32. The largest absolute Gasteiger partial charge is 0.436 e. The normalized spacial score (nSPS) is 14.2. The van der Waals surface area contributed by atoms with E-state index >= 15 is 0 Å². The van der Waals surface area contributed by atoms with E-state index < -0.39 is 5.41 Å². The maximum Gasteiger partial charge on any atom is 0.227 e. The van der Waals surface area contributed by atoms with E-state index in [0.717, 1.165) is 39.3 Å². The molecule has 0 aliphatic heterocycles. The highest BCUT2D eigenvalue weighted by Crippen LogP contribution is 2.63. The highest BCUT2D eigenvalue weighted by atomic mass is 16.3. The summed E-state index contributed by atoms with van der Waals surface area (Å²) in [5, 5.41) is 0. The Morgan fingerprint density at radius 1 is 0.371 bits per heavy atom. The molecule has 1 aromatic heterocycles. The van der Waals surface area contributed by atoms with Crippen LogP contribution in [0.1, 0.15) is 47.2 Å². The van der Waals surface area contributed by atoms with Crippen LogP contribution in [0.5, 0.6) is 0 Å². The van der Waals surface area contributed by atoms with E-state index in [1.807, 2.05) is 6.07 Å². The molecule has 0 amide bonds. The van der Waals surface area contributed by atoms with Crippen LogP contribution in [0.2, 0.25) is 0 Å². The van der Waals surface area contributed by atoms with Crippen molar-refractivity contribution < 1.29 is 4.42 Å². The van der Waals surface area contributed by atoms with Crippen molar-refractivity contribution in [3.05, 3.63) is 240 Å². The molecule has 0 unspecified atom stereocenters. The molecule has 13 rings (SSSR count). The zero-order chi connectivity index (χ0) is 41.2. The Balaban J connectivity index is 1.00. The van der Waals surface area contributed by atoms with Gasteiger partial charge in [0, 0.05) is 28.0 Å². The SMILES string of the molecule is CC1(C)c2ccccc2-c2ccc(N(c3ccc4c(c3)C3(c5ccccc5-c5ccccc53)c3ccccc3-4)c3ccc4oc(-c5ccc(-c6ccccc6)cc5)nc4c3)cc21. The van der Waals surface area contributed by atoms with Crippen molar-refractivity contribution in [2.24, 2.45) is 0 Å². The molecule has 0 radical (unpaired) electrons. The second-order valence-electron chi connectivity index (χ2n) is 17.5. The van der Waals surface area contributed by atoms with E-state index in [0.29, 0.717) is 5.89 Å². The lowest BCUT2D eigenvalue weighted by Crippen LogP contribution is -2.26. The minimum Gasteiger partial charge on any atom is -0.436 e. The predicted octanol–water partition coefficient (Wildman–Crippen LogP) is 15.3. The van der Waals surface area contributed by atoms with Crippen LogP contribution in [0.15, 0.2) is 211 Å². The van der Waals surface area contributed by atoms with Crippen LogP contribution in [-0.4, -0.2) is 4.98 Å². The molecule has 10 aromatic rings. The number of fused-ring (bicyclic) bond motifs is 14. The monoisotopic (exact) mass is 792 g/mol. The molecule has 0 saturated heterocycles. The van der Waals surface area contributed by atoms with Gasteiger partial charge in [0.25, 0.3) is 0 Å². The van der Waals surface area contributed by atoms with Gasteiger partial charge in [-0.15, -0.1) is 0 Å². The number of hydrogen-bond donors (Lipinski definition) is 0. The first-order valence-electron chi connectivity index (χ1n) is 21.5. The van der Waals surface area contributed by atoms with Gasteiger partial charge in [-0.25, -0.2) is 4.98 Å². The number of nitrogens with zero attached hydrogens (tertiary/aromatic N) is 2. The minimum absolute atomic E-state index is 0.157. The predicted molar refractivity (Wildman–Crippen MR) is 253 cm³/mol. The first kappa shape index (κ1) is 35.0. The van der Waals surface area contributed by atoms with Crippen molar-refractivity contribution in [1.29, 1.82) is 0 Å². The highest BCUT2D eigenvalue weighted by molar-refractivity contribution is 5.97. The lowest BCUT2D eigenvalue weighted by atomic mass is 9.70. The Bertz CT molecular complexity index is 3380. The van der Waals surface area contributed by atoms with Gasteiger partial charge in [-0.2, -0.15) is 0 Å². The summed E-state index contributed by atoms with van der Waals surface area (Å²) in [6.07, 6.45) is 0. The Kier molecular flexibility index (Phi) is 7.28. The molecule has 0 N–H and O–H groups in total. The number of hydrogen-bond acceptors (Lipinski definition) is 3. The zero-order valence-electron chi connectivity index (χ0n) is 34.4. The summed E-state index contributed by atoms with van der Waals surface area (Å²) in [6, 6.07) is 75.5. The second-order valence-corrected chi connectivity index (χ2v) is 17.5. The fourth-order valence-electron chi connectivity index (χ4n) is 11.1. The zero-order valence-corrected chi connectivity index (χ0v) is 34.4. The Hall–Kier alpha value is -7.75. The molecule has 3 heteroatoms. The van der Waals surface area contributed by atoms with E-state index in [1.165, 1.54) is 72.3 Å². The third-order valence-corrected chi connectivity index (χ3v) is 13.9. The molecule has 292 valence electrons. The van der Waals surface area contributed by atoms with E-state index in [2.05, 4.69) is 219 Å². The summed E-state index contributed by atoms with van der Waals surface area (Å²) in [5.74, 6) is 0.608. The van der Waals surface area contributed by atoms with Crippen LogP contribution in [0.25, 0.3) is 67.1 Å². The molecule has 3 aliphatic carbocycles. The van der Waals surface area contributed by atoms with Crippen LogP contribution in [0.4, 0.5) is 17.1 Å². The fraction of sp³-hybridized carbons (Fsp3) is 0.0678. The first-order chi connectivity index (χ1) is 30.5. The van der Waals surface area contributed by atoms with E-state index in [-0.39, 0.29) is 5.41 Å². The average Bonchev–Trinajstić information content (AvgIpc) is 4.04. The Morgan fingerprint density at radius 3 is 1.42 bits per heavy atom. The third-order valence-electron chi connectivity index (χ3n) is 13.9. The topological polar surface area (TPSA) is 29.3 Å². The smallest absolute Gasteiger partial charge is 0.227 e. The first-order valence-corrected chi connectivity index (χ1v) is 21.5. The Labute approximate surface area is 361 Å². The quantitative estimate of drug-likeness (QED) is 0.174. The van der Waals surface area contributed by atoms with Gasteiger partial charge in [-0.1, -0.05) is 166 Å². The van der Waals surface area contributed by atoms with Gasteiger partial charge in [0.15, 0.2) is 5.58 Å². The van der Waals surface area contributed by atoms with Gasteiger partial charge in [0.1, 0.15) is 5.52 Å². The molecule has 0 saturated carbocycles. The molecule has 3 aliphatic rings. The van der Waals surface area contributed by atoms with Gasteiger partial charge < -0.3 is 9.32 Å². The summed E-state index contributed by atoms with van der Waals surface area (Å²) >= 11 is 0. The van der Waals surface area contributed by atoms with E-state index in [9.17, 15) is 0 Å². The van der Waals surface area contributed by atoms with Gasteiger partial charge in [0.05, 0.1) is 5.41 Å². The summed E-state index contributed by atoms with van der Waals surface area (Å²) < 4.78 is 6.47. The Morgan fingerprint density at radius 2 is 0.806 bits per heavy atom. The third kappa shape index (κ3) is 4.79. The van der Waals surface area contributed by atoms with Crippen molar-refractivity contribution in [3.8, 4) is 56.0 Å². The number of anilines is 3. The second kappa shape index (κ2) is 12.9. The summed E-state index contributed by atoms with van der Waals surface area (Å²) in [4.78, 5) is 7.55. The summed E-state index contributed by atoms with van der Waals surface area (Å²) in [5.41, 5.74) is 23.2. The maximum absolute atomic E-state index is 6.47. The fourth-order valence-corrected chi connectivity index (χ4v) is 11.1. The minimum atomic E-state index is -0.455. The molecule has 3 nitrogen and oxygen atoms in total. The van der Waals surface area contributed by atoms with Crippen molar-refractivity contribution in [3.63, 3.8) is 0 Å². The van der Waals surface area contributed by atoms with E-state index in [4.69, 9.17) is 9.40 Å². The molecule has 0 bridgehead atoms. The van der Waals surface area contributed by atoms with Crippen LogP contribution in [0, 0.1) is 0 Å². The molecular weight excluding hydrogens is 753 g/mol. The average molecular weight is 793 g/mol. The highest BCUT2D eigenvalue weighted by Gasteiger charge is 2.51. The van der Waals surface area contributed by atoms with Crippen LogP contribution in [-0.2, 0) is 10.8 Å². The van der Waals surface area contributed by atoms with Gasteiger partial charge >= 0.3 is 0 Å². The molecular formula is C59H40N2O. The number of oxazole rings is 1. The van der Waals surface area contributed by atoms with E-state index in [1.54, 1.807) is 0 Å². The van der Waals surface area contributed by atoms with Crippen LogP contribution < -0.4 is 4.90 Å².